The summed E-state index contributed by atoms with van der Waals surface area (Å²) in [6.07, 6.45) is 3.80. The van der Waals surface area contributed by atoms with Gasteiger partial charge < -0.3 is 19.8 Å². The smallest absolute Gasteiger partial charge is 0.256 e. The summed E-state index contributed by atoms with van der Waals surface area (Å²) in [6.45, 7) is 0. The summed E-state index contributed by atoms with van der Waals surface area (Å²) in [5.41, 5.74) is 4.15. The van der Waals surface area contributed by atoms with E-state index in [0.717, 1.165) is 27.7 Å². The van der Waals surface area contributed by atoms with Gasteiger partial charge in [0.05, 0.1) is 19.9 Å². The highest BCUT2D eigenvalue weighted by atomic mass is 16.5. The Hall–Kier alpha value is -3.21. The summed E-state index contributed by atoms with van der Waals surface area (Å²) >= 11 is 0. The molecular weight excluding hydrogens is 304 g/mol. The van der Waals surface area contributed by atoms with Gasteiger partial charge in [0.2, 0.25) is 0 Å². The van der Waals surface area contributed by atoms with Crippen LogP contribution in [0.4, 0.5) is 5.69 Å². The fourth-order valence-electron chi connectivity index (χ4n) is 3.03. The van der Waals surface area contributed by atoms with Crippen molar-refractivity contribution < 1.29 is 14.3 Å². The van der Waals surface area contributed by atoms with E-state index in [0.29, 0.717) is 17.1 Å². The van der Waals surface area contributed by atoms with E-state index in [4.69, 9.17) is 9.47 Å². The second kappa shape index (κ2) is 5.45. The molecule has 5 heteroatoms. The number of fused-ring (bicyclic) bond motifs is 2. The van der Waals surface area contributed by atoms with E-state index >= 15 is 0 Å². The van der Waals surface area contributed by atoms with Crippen molar-refractivity contribution >= 4 is 34.1 Å². The highest BCUT2D eigenvalue weighted by molar-refractivity contribution is 6.35. The molecule has 0 aliphatic carbocycles. The molecular formula is C19H16N2O3. The van der Waals surface area contributed by atoms with Crippen LogP contribution in [0.5, 0.6) is 11.5 Å². The van der Waals surface area contributed by atoms with E-state index in [-0.39, 0.29) is 5.91 Å². The normalized spacial score (nSPS) is 14.8. The Morgan fingerprint density at radius 1 is 1.04 bits per heavy atom. The Morgan fingerprint density at radius 2 is 1.79 bits per heavy atom. The van der Waals surface area contributed by atoms with Gasteiger partial charge in [0.15, 0.2) is 11.5 Å². The number of hydrogen-bond donors (Lipinski definition) is 2. The molecule has 0 spiro atoms. The van der Waals surface area contributed by atoms with E-state index < -0.39 is 0 Å². The van der Waals surface area contributed by atoms with Crippen LogP contribution in [0.1, 0.15) is 11.1 Å². The number of amides is 1. The molecule has 24 heavy (non-hydrogen) atoms. The van der Waals surface area contributed by atoms with Crippen LogP contribution < -0.4 is 14.8 Å². The number of para-hydroxylation sites is 1. The van der Waals surface area contributed by atoms with Gasteiger partial charge >= 0.3 is 0 Å². The van der Waals surface area contributed by atoms with E-state index in [1.165, 1.54) is 0 Å². The fraction of sp³-hybridized carbons (Fsp3) is 0.105. The maximum Gasteiger partial charge on any atom is 0.256 e. The van der Waals surface area contributed by atoms with Gasteiger partial charge in [-0.2, -0.15) is 0 Å². The number of carbonyl (C=O) groups is 1. The molecule has 0 atom stereocenters. The molecule has 1 aromatic heterocycles. The van der Waals surface area contributed by atoms with E-state index in [1.807, 2.05) is 42.6 Å². The number of aromatic nitrogens is 1. The van der Waals surface area contributed by atoms with Crippen molar-refractivity contribution in [2.75, 3.05) is 19.5 Å². The molecule has 0 bridgehead atoms. The van der Waals surface area contributed by atoms with Gasteiger partial charge in [-0.3, -0.25) is 4.79 Å². The largest absolute Gasteiger partial charge is 0.493 e. The molecule has 0 saturated carbocycles. The molecule has 0 radical (unpaired) electrons. The van der Waals surface area contributed by atoms with Crippen LogP contribution in [-0.4, -0.2) is 25.1 Å². The Bertz CT molecular complexity index is 985. The predicted molar refractivity (Wildman–Crippen MR) is 94.3 cm³/mol. The minimum Gasteiger partial charge on any atom is -0.493 e. The van der Waals surface area contributed by atoms with Crippen molar-refractivity contribution in [1.82, 2.24) is 4.98 Å². The molecule has 3 aromatic rings. The van der Waals surface area contributed by atoms with Crippen LogP contribution in [0.2, 0.25) is 0 Å². The average Bonchev–Trinajstić information content (AvgIpc) is 3.15. The quantitative estimate of drug-likeness (QED) is 0.724. The van der Waals surface area contributed by atoms with Crippen LogP contribution in [0.15, 0.2) is 42.6 Å². The van der Waals surface area contributed by atoms with Crippen molar-refractivity contribution in [2.24, 2.45) is 0 Å². The number of anilines is 1. The molecule has 5 nitrogen and oxygen atoms in total. The third-order valence-corrected chi connectivity index (χ3v) is 4.23. The van der Waals surface area contributed by atoms with Gasteiger partial charge in [0.1, 0.15) is 0 Å². The Kier molecular flexibility index (Phi) is 3.27. The van der Waals surface area contributed by atoms with Crippen molar-refractivity contribution in [3.63, 3.8) is 0 Å². The third-order valence-electron chi connectivity index (χ3n) is 4.23. The van der Waals surface area contributed by atoms with Crippen molar-refractivity contribution in [3.8, 4) is 11.5 Å². The first-order chi connectivity index (χ1) is 11.7. The monoisotopic (exact) mass is 320 g/mol. The summed E-state index contributed by atoms with van der Waals surface area (Å²) < 4.78 is 10.6. The zero-order valence-electron chi connectivity index (χ0n) is 13.3. The number of rotatable bonds is 3. The van der Waals surface area contributed by atoms with Crippen LogP contribution >= 0.6 is 0 Å². The zero-order chi connectivity index (χ0) is 16.7. The lowest BCUT2D eigenvalue weighted by atomic mass is 10.0. The van der Waals surface area contributed by atoms with Crippen molar-refractivity contribution in [2.45, 2.75) is 0 Å². The number of aromatic amines is 1. The second-order valence-electron chi connectivity index (χ2n) is 5.55. The number of carbonyl (C=O) groups excluding carboxylic acids is 1. The number of benzene rings is 2. The standard InChI is InChI=1S/C19H16N2O3/c1-23-17-8-13-14(19(22)21-16(13)9-18(17)24-2)7-11-10-20-15-6-4-3-5-12(11)15/h3-10,20H,1-2H3,(H,21,22)/b14-7+. The summed E-state index contributed by atoms with van der Waals surface area (Å²) in [6, 6.07) is 11.6. The molecule has 120 valence electrons. The molecule has 2 heterocycles. The number of H-pyrrole nitrogens is 1. The Labute approximate surface area is 138 Å². The number of hydrogen-bond acceptors (Lipinski definition) is 3. The second-order valence-corrected chi connectivity index (χ2v) is 5.55. The molecule has 0 fully saturated rings. The topological polar surface area (TPSA) is 63.4 Å². The highest BCUT2D eigenvalue weighted by Crippen LogP contribution is 2.41. The average molecular weight is 320 g/mol. The minimum absolute atomic E-state index is 0.134. The lowest BCUT2D eigenvalue weighted by molar-refractivity contribution is -0.110. The lowest BCUT2D eigenvalue weighted by Crippen LogP contribution is -2.03. The Balaban J connectivity index is 1.87. The molecule has 1 amide bonds. The van der Waals surface area contributed by atoms with Crippen LogP contribution in [0.25, 0.3) is 22.6 Å². The first-order valence-corrected chi connectivity index (χ1v) is 7.57. The molecule has 4 rings (SSSR count). The van der Waals surface area contributed by atoms with Crippen LogP contribution in [-0.2, 0) is 4.79 Å². The highest BCUT2D eigenvalue weighted by Gasteiger charge is 2.26. The number of ether oxygens (including phenoxy) is 2. The maximum atomic E-state index is 12.4. The van der Waals surface area contributed by atoms with Gasteiger partial charge in [0, 0.05) is 39.9 Å². The summed E-state index contributed by atoms with van der Waals surface area (Å²) in [5.74, 6) is 1.05. The summed E-state index contributed by atoms with van der Waals surface area (Å²) in [5, 5.41) is 3.96. The molecule has 0 unspecified atom stereocenters. The minimum atomic E-state index is -0.134. The van der Waals surface area contributed by atoms with Crippen LogP contribution in [0.3, 0.4) is 0 Å². The maximum absolute atomic E-state index is 12.4. The molecule has 0 saturated heterocycles. The van der Waals surface area contributed by atoms with Crippen molar-refractivity contribution in [3.05, 3.63) is 53.7 Å². The number of nitrogens with one attached hydrogen (secondary N) is 2. The predicted octanol–water partition coefficient (Wildman–Crippen LogP) is 3.68. The van der Waals surface area contributed by atoms with Gasteiger partial charge in [-0.25, -0.2) is 0 Å². The molecule has 2 N–H and O–H groups in total. The SMILES string of the molecule is COc1cc2c(cc1OC)/C(=C\c1c[nH]c3ccccc13)C(=O)N2. The van der Waals surface area contributed by atoms with E-state index in [1.54, 1.807) is 20.3 Å². The zero-order valence-corrected chi connectivity index (χ0v) is 13.3. The molecule has 1 aliphatic rings. The Morgan fingerprint density at radius 3 is 2.58 bits per heavy atom. The van der Waals surface area contributed by atoms with E-state index in [9.17, 15) is 4.79 Å². The van der Waals surface area contributed by atoms with Crippen LogP contribution in [0, 0.1) is 0 Å². The van der Waals surface area contributed by atoms with Gasteiger partial charge in [-0.15, -0.1) is 0 Å². The summed E-state index contributed by atoms with van der Waals surface area (Å²) in [7, 11) is 3.15. The fourth-order valence-corrected chi connectivity index (χ4v) is 3.03. The molecule has 1 aliphatic heterocycles. The van der Waals surface area contributed by atoms with E-state index in [2.05, 4.69) is 10.3 Å². The first kappa shape index (κ1) is 14.4. The van der Waals surface area contributed by atoms with Crippen molar-refractivity contribution in [1.29, 1.82) is 0 Å². The molecule has 2 aromatic carbocycles. The van der Waals surface area contributed by atoms with Gasteiger partial charge in [-0.05, 0) is 18.2 Å². The first-order valence-electron chi connectivity index (χ1n) is 7.57. The number of methoxy groups -OCH3 is 2. The third kappa shape index (κ3) is 2.13. The summed E-state index contributed by atoms with van der Waals surface area (Å²) in [4.78, 5) is 15.6. The lowest BCUT2D eigenvalue weighted by Gasteiger charge is -2.09. The van der Waals surface area contributed by atoms with Gasteiger partial charge in [0.25, 0.3) is 5.91 Å². The van der Waals surface area contributed by atoms with Gasteiger partial charge in [-0.1, -0.05) is 18.2 Å².